The van der Waals surface area contributed by atoms with Crippen molar-refractivity contribution in [1.82, 2.24) is 5.32 Å². The Morgan fingerprint density at radius 3 is 2.70 bits per heavy atom. The number of rotatable bonds is 4. The fraction of sp³-hybridized carbons (Fsp3) is 0.333. The molecule has 0 radical (unpaired) electrons. The molecule has 1 aromatic heterocycles. The zero-order chi connectivity index (χ0) is 14.7. The molecule has 0 aliphatic heterocycles. The van der Waals surface area contributed by atoms with Crippen LogP contribution in [-0.4, -0.2) is 24.5 Å². The largest absolute Gasteiger partial charge is 0.464 e. The van der Waals surface area contributed by atoms with Gasteiger partial charge in [0.1, 0.15) is 11.6 Å². The summed E-state index contributed by atoms with van der Waals surface area (Å²) in [6, 6.07) is 6.70. The van der Waals surface area contributed by atoms with Crippen LogP contribution in [-0.2, 0) is 9.53 Å². The van der Waals surface area contributed by atoms with Gasteiger partial charge in [-0.05, 0) is 26.8 Å². The quantitative estimate of drug-likeness (QED) is 0.870. The third-order valence-corrected chi connectivity index (χ3v) is 3.04. The van der Waals surface area contributed by atoms with Gasteiger partial charge in [-0.2, -0.15) is 0 Å². The predicted octanol–water partition coefficient (Wildman–Crippen LogP) is 2.42. The Kier molecular flexibility index (Phi) is 4.08. The summed E-state index contributed by atoms with van der Waals surface area (Å²) < 4.78 is 10.4. The Labute approximate surface area is 116 Å². The summed E-state index contributed by atoms with van der Waals surface area (Å²) in [5, 5.41) is 3.47. The van der Waals surface area contributed by atoms with E-state index in [-0.39, 0.29) is 12.4 Å². The molecule has 1 atom stereocenters. The molecule has 1 amide bonds. The topological polar surface area (TPSA) is 68.5 Å². The number of nitrogens with one attached hydrogen (secondary N) is 1. The normalized spacial score (nSPS) is 12.2. The van der Waals surface area contributed by atoms with E-state index >= 15 is 0 Å². The van der Waals surface area contributed by atoms with Gasteiger partial charge in [-0.3, -0.25) is 4.79 Å². The van der Waals surface area contributed by atoms with Gasteiger partial charge in [0.2, 0.25) is 0 Å². The van der Waals surface area contributed by atoms with Crippen molar-refractivity contribution >= 4 is 22.8 Å². The number of carbonyl (C=O) groups excluding carboxylic acids is 2. The molecule has 20 heavy (non-hydrogen) atoms. The van der Waals surface area contributed by atoms with E-state index in [1.165, 1.54) is 0 Å². The van der Waals surface area contributed by atoms with E-state index in [1.807, 2.05) is 25.1 Å². The third-order valence-electron chi connectivity index (χ3n) is 3.04. The van der Waals surface area contributed by atoms with Crippen LogP contribution in [0.15, 0.2) is 28.7 Å². The van der Waals surface area contributed by atoms with E-state index in [9.17, 15) is 9.59 Å². The van der Waals surface area contributed by atoms with Crippen LogP contribution in [0.5, 0.6) is 0 Å². The van der Waals surface area contributed by atoms with Crippen molar-refractivity contribution in [3.8, 4) is 0 Å². The lowest BCUT2D eigenvalue weighted by Crippen LogP contribution is -2.39. The van der Waals surface area contributed by atoms with Crippen LogP contribution in [0.1, 0.15) is 30.0 Å². The smallest absolute Gasteiger partial charge is 0.328 e. The highest BCUT2D eigenvalue weighted by Crippen LogP contribution is 2.24. The number of furan rings is 1. The maximum absolute atomic E-state index is 12.1. The van der Waals surface area contributed by atoms with E-state index < -0.39 is 17.9 Å². The molecule has 1 N–H and O–H groups in total. The maximum atomic E-state index is 12.1. The first kappa shape index (κ1) is 14.1. The van der Waals surface area contributed by atoms with Gasteiger partial charge >= 0.3 is 5.97 Å². The highest BCUT2D eigenvalue weighted by Gasteiger charge is 2.22. The van der Waals surface area contributed by atoms with Crippen LogP contribution in [0.4, 0.5) is 0 Å². The van der Waals surface area contributed by atoms with Crippen molar-refractivity contribution in [3.63, 3.8) is 0 Å². The van der Waals surface area contributed by atoms with Crippen LogP contribution >= 0.6 is 0 Å². The molecule has 5 heteroatoms. The van der Waals surface area contributed by atoms with Gasteiger partial charge in [-0.1, -0.05) is 18.2 Å². The summed E-state index contributed by atoms with van der Waals surface area (Å²) in [4.78, 5) is 23.6. The zero-order valence-electron chi connectivity index (χ0n) is 11.7. The van der Waals surface area contributed by atoms with Crippen LogP contribution in [0.25, 0.3) is 11.0 Å². The van der Waals surface area contributed by atoms with Crippen molar-refractivity contribution in [2.75, 3.05) is 6.61 Å². The third kappa shape index (κ3) is 2.66. The Morgan fingerprint density at radius 1 is 1.35 bits per heavy atom. The van der Waals surface area contributed by atoms with E-state index in [0.717, 1.165) is 10.9 Å². The summed E-state index contributed by atoms with van der Waals surface area (Å²) in [6.45, 7) is 5.39. The fourth-order valence-electron chi connectivity index (χ4n) is 1.98. The molecule has 1 unspecified atom stereocenters. The second-order valence-corrected chi connectivity index (χ2v) is 4.50. The fourth-order valence-corrected chi connectivity index (χ4v) is 1.98. The standard InChI is InChI=1S/C15H17NO4/c1-4-19-15(18)10(3)16-14(17)13-9(2)11-7-5-6-8-12(11)20-13/h5-8,10H,4H2,1-3H3,(H,16,17). The molecule has 0 fully saturated rings. The molecule has 0 spiro atoms. The van der Waals surface area contributed by atoms with Gasteiger partial charge in [0.25, 0.3) is 5.91 Å². The molecule has 0 saturated heterocycles. The molecule has 0 bridgehead atoms. The number of amides is 1. The van der Waals surface area contributed by atoms with Gasteiger partial charge in [0.05, 0.1) is 6.61 Å². The monoisotopic (exact) mass is 275 g/mol. The van der Waals surface area contributed by atoms with Gasteiger partial charge in [0.15, 0.2) is 5.76 Å². The molecule has 0 aliphatic carbocycles. The minimum Gasteiger partial charge on any atom is -0.464 e. The molecule has 1 heterocycles. The average Bonchev–Trinajstić information content (AvgIpc) is 2.77. The van der Waals surface area contributed by atoms with Crippen molar-refractivity contribution in [2.45, 2.75) is 26.8 Å². The second-order valence-electron chi connectivity index (χ2n) is 4.50. The van der Waals surface area contributed by atoms with Crippen molar-refractivity contribution < 1.29 is 18.7 Å². The first-order valence-corrected chi connectivity index (χ1v) is 6.50. The molecule has 2 aromatic rings. The molecule has 2 rings (SSSR count). The predicted molar refractivity (Wildman–Crippen MR) is 74.5 cm³/mol. The Hall–Kier alpha value is -2.30. The molecular formula is C15H17NO4. The number of para-hydroxylation sites is 1. The molecule has 1 aromatic carbocycles. The minimum absolute atomic E-state index is 0.224. The first-order valence-electron chi connectivity index (χ1n) is 6.50. The molecule has 0 saturated carbocycles. The van der Waals surface area contributed by atoms with Crippen LogP contribution in [0, 0.1) is 6.92 Å². The molecular weight excluding hydrogens is 258 g/mol. The van der Waals surface area contributed by atoms with Crippen LogP contribution < -0.4 is 5.32 Å². The Bertz CT molecular complexity index is 644. The van der Waals surface area contributed by atoms with Gasteiger partial charge in [-0.15, -0.1) is 0 Å². The van der Waals surface area contributed by atoms with Gasteiger partial charge in [-0.25, -0.2) is 4.79 Å². The van der Waals surface area contributed by atoms with Gasteiger partial charge < -0.3 is 14.5 Å². The van der Waals surface area contributed by atoms with E-state index in [0.29, 0.717) is 5.58 Å². The number of aryl methyl sites for hydroxylation is 1. The Balaban J connectivity index is 2.19. The summed E-state index contributed by atoms with van der Waals surface area (Å²) in [6.07, 6.45) is 0. The minimum atomic E-state index is -0.713. The zero-order valence-corrected chi connectivity index (χ0v) is 11.7. The molecule has 0 aliphatic rings. The highest BCUT2D eigenvalue weighted by atomic mass is 16.5. The number of ether oxygens (including phenoxy) is 1. The number of fused-ring (bicyclic) bond motifs is 1. The van der Waals surface area contributed by atoms with Crippen molar-refractivity contribution in [2.24, 2.45) is 0 Å². The van der Waals surface area contributed by atoms with Crippen molar-refractivity contribution in [3.05, 3.63) is 35.6 Å². The van der Waals surface area contributed by atoms with E-state index in [1.54, 1.807) is 19.9 Å². The lowest BCUT2D eigenvalue weighted by molar-refractivity contribution is -0.144. The Morgan fingerprint density at radius 2 is 2.05 bits per heavy atom. The number of hydrogen-bond donors (Lipinski definition) is 1. The summed E-state index contributed by atoms with van der Waals surface area (Å²) in [7, 11) is 0. The molecule has 5 nitrogen and oxygen atoms in total. The second kappa shape index (κ2) is 5.77. The lowest BCUT2D eigenvalue weighted by atomic mass is 10.1. The lowest BCUT2D eigenvalue weighted by Gasteiger charge is -2.11. The summed E-state index contributed by atoms with van der Waals surface area (Å²) >= 11 is 0. The SMILES string of the molecule is CCOC(=O)C(C)NC(=O)c1oc2ccccc2c1C. The number of benzene rings is 1. The summed E-state index contributed by atoms with van der Waals surface area (Å²) in [5.74, 6) is -0.656. The number of esters is 1. The number of carbonyl (C=O) groups is 2. The van der Waals surface area contributed by atoms with E-state index in [4.69, 9.17) is 9.15 Å². The molecule has 106 valence electrons. The highest BCUT2D eigenvalue weighted by molar-refractivity contribution is 6.00. The first-order chi connectivity index (χ1) is 9.54. The average molecular weight is 275 g/mol. The summed E-state index contributed by atoms with van der Waals surface area (Å²) in [5.41, 5.74) is 1.41. The van der Waals surface area contributed by atoms with Crippen LogP contribution in [0.2, 0.25) is 0 Å². The van der Waals surface area contributed by atoms with Crippen LogP contribution in [0.3, 0.4) is 0 Å². The van der Waals surface area contributed by atoms with Gasteiger partial charge in [0, 0.05) is 10.9 Å². The van der Waals surface area contributed by atoms with Crippen molar-refractivity contribution in [1.29, 1.82) is 0 Å². The maximum Gasteiger partial charge on any atom is 0.328 e. The number of hydrogen-bond acceptors (Lipinski definition) is 4. The van der Waals surface area contributed by atoms with E-state index in [2.05, 4.69) is 5.32 Å².